The molecule has 0 spiro atoms. The SMILES string of the molecule is O=C(c1cc(Cl)cc(Cl)c1)N1CC(c2nc(-c3ccccn3)no2)C1. The summed E-state index contributed by atoms with van der Waals surface area (Å²) in [6.45, 7) is 1.01. The van der Waals surface area contributed by atoms with Crippen LogP contribution in [0.2, 0.25) is 10.0 Å². The zero-order valence-electron chi connectivity index (χ0n) is 12.9. The Kier molecular flexibility index (Phi) is 4.15. The number of halogens is 2. The minimum absolute atomic E-state index is 0.0172. The van der Waals surface area contributed by atoms with Gasteiger partial charge in [0.05, 0.1) is 5.92 Å². The van der Waals surface area contributed by atoms with Crippen LogP contribution in [-0.4, -0.2) is 39.0 Å². The summed E-state index contributed by atoms with van der Waals surface area (Å²) in [6, 6.07) is 10.3. The molecule has 25 heavy (non-hydrogen) atoms. The second-order valence-corrected chi connectivity index (χ2v) is 6.61. The predicted molar refractivity (Wildman–Crippen MR) is 92.6 cm³/mol. The molecule has 0 unspecified atom stereocenters. The van der Waals surface area contributed by atoms with Gasteiger partial charge in [0.25, 0.3) is 5.91 Å². The zero-order valence-corrected chi connectivity index (χ0v) is 14.4. The standard InChI is InChI=1S/C17H12Cl2N4O2/c18-12-5-10(6-13(19)7-12)17(24)23-8-11(9-23)16-21-15(22-25-16)14-3-1-2-4-20-14/h1-7,11H,8-9H2. The second-order valence-electron chi connectivity index (χ2n) is 5.74. The Balaban J connectivity index is 1.44. The highest BCUT2D eigenvalue weighted by molar-refractivity contribution is 6.35. The summed E-state index contributed by atoms with van der Waals surface area (Å²) in [7, 11) is 0. The van der Waals surface area contributed by atoms with Crippen LogP contribution in [0.4, 0.5) is 0 Å². The lowest BCUT2D eigenvalue weighted by Crippen LogP contribution is -2.48. The van der Waals surface area contributed by atoms with Gasteiger partial charge in [0.1, 0.15) is 5.69 Å². The number of nitrogens with zero attached hydrogens (tertiary/aromatic N) is 4. The predicted octanol–water partition coefficient (Wildman–Crippen LogP) is 3.68. The van der Waals surface area contributed by atoms with Gasteiger partial charge in [-0.05, 0) is 30.3 Å². The van der Waals surface area contributed by atoms with Gasteiger partial charge in [-0.3, -0.25) is 9.78 Å². The number of likely N-dealkylation sites (tertiary alicyclic amines) is 1. The Labute approximate surface area is 153 Å². The van der Waals surface area contributed by atoms with E-state index >= 15 is 0 Å². The van der Waals surface area contributed by atoms with Crippen LogP contribution in [0.1, 0.15) is 22.2 Å². The molecule has 1 saturated heterocycles. The number of rotatable bonds is 3. The van der Waals surface area contributed by atoms with E-state index in [1.807, 2.05) is 18.2 Å². The number of hydrogen-bond acceptors (Lipinski definition) is 5. The Morgan fingerprint density at radius 3 is 2.60 bits per heavy atom. The van der Waals surface area contributed by atoms with Crippen molar-refractivity contribution in [2.24, 2.45) is 0 Å². The average molecular weight is 375 g/mol. The molecule has 1 amide bonds. The van der Waals surface area contributed by atoms with Gasteiger partial charge in [0.2, 0.25) is 11.7 Å². The molecule has 0 radical (unpaired) electrons. The summed E-state index contributed by atoms with van der Waals surface area (Å²) in [5.41, 5.74) is 1.12. The highest BCUT2D eigenvalue weighted by atomic mass is 35.5. The molecule has 0 saturated carbocycles. The third-order valence-electron chi connectivity index (χ3n) is 3.96. The van der Waals surface area contributed by atoms with Crippen molar-refractivity contribution >= 4 is 29.1 Å². The molecule has 3 aromatic rings. The van der Waals surface area contributed by atoms with Crippen LogP contribution in [0.3, 0.4) is 0 Å². The maximum atomic E-state index is 12.5. The van der Waals surface area contributed by atoms with E-state index in [0.29, 0.717) is 46.1 Å². The van der Waals surface area contributed by atoms with Crippen molar-refractivity contribution in [3.8, 4) is 11.5 Å². The Morgan fingerprint density at radius 2 is 1.92 bits per heavy atom. The number of carbonyl (C=O) groups is 1. The van der Waals surface area contributed by atoms with E-state index in [0.717, 1.165) is 0 Å². The second kappa shape index (κ2) is 6.46. The van der Waals surface area contributed by atoms with Gasteiger partial charge in [0, 0.05) is 34.9 Å². The fraction of sp³-hybridized carbons (Fsp3) is 0.176. The molecule has 1 aromatic carbocycles. The first-order valence-corrected chi connectivity index (χ1v) is 8.36. The molecule has 2 aromatic heterocycles. The molecule has 3 heterocycles. The molecule has 8 heteroatoms. The fourth-order valence-corrected chi connectivity index (χ4v) is 3.19. The third kappa shape index (κ3) is 3.23. The van der Waals surface area contributed by atoms with Crippen LogP contribution in [-0.2, 0) is 0 Å². The molecule has 0 aliphatic carbocycles. The fourth-order valence-electron chi connectivity index (χ4n) is 2.66. The Hall–Kier alpha value is -2.44. The topological polar surface area (TPSA) is 72.1 Å². The normalized spacial score (nSPS) is 14.4. The Morgan fingerprint density at radius 1 is 1.16 bits per heavy atom. The molecule has 0 atom stereocenters. The zero-order chi connectivity index (χ0) is 17.4. The molecule has 0 N–H and O–H groups in total. The number of aromatic nitrogens is 3. The molecule has 1 aliphatic rings. The lowest BCUT2D eigenvalue weighted by Gasteiger charge is -2.37. The molecule has 1 aliphatic heterocycles. The number of pyridine rings is 1. The van der Waals surface area contributed by atoms with Crippen molar-refractivity contribution in [3.05, 3.63) is 64.1 Å². The third-order valence-corrected chi connectivity index (χ3v) is 4.40. The van der Waals surface area contributed by atoms with Gasteiger partial charge in [-0.1, -0.05) is 34.4 Å². The highest BCUT2D eigenvalue weighted by Crippen LogP contribution is 2.29. The minimum atomic E-state index is -0.120. The smallest absolute Gasteiger partial charge is 0.254 e. The van der Waals surface area contributed by atoms with E-state index in [4.69, 9.17) is 27.7 Å². The van der Waals surface area contributed by atoms with Crippen molar-refractivity contribution in [3.63, 3.8) is 0 Å². The summed E-state index contributed by atoms with van der Waals surface area (Å²) >= 11 is 11.9. The largest absolute Gasteiger partial charge is 0.338 e. The maximum absolute atomic E-state index is 12.5. The lowest BCUT2D eigenvalue weighted by atomic mass is 9.99. The lowest BCUT2D eigenvalue weighted by molar-refractivity contribution is 0.0569. The summed E-state index contributed by atoms with van der Waals surface area (Å²) in [4.78, 5) is 22.7. The number of amides is 1. The number of hydrogen-bond donors (Lipinski definition) is 0. The van der Waals surface area contributed by atoms with Crippen molar-refractivity contribution in [1.82, 2.24) is 20.0 Å². The molecule has 0 bridgehead atoms. The van der Waals surface area contributed by atoms with Crippen molar-refractivity contribution in [2.45, 2.75) is 5.92 Å². The van der Waals surface area contributed by atoms with Gasteiger partial charge in [0.15, 0.2) is 0 Å². The monoisotopic (exact) mass is 374 g/mol. The molecule has 6 nitrogen and oxygen atoms in total. The quantitative estimate of drug-likeness (QED) is 0.698. The van der Waals surface area contributed by atoms with Crippen LogP contribution in [0.5, 0.6) is 0 Å². The first-order valence-electron chi connectivity index (χ1n) is 7.60. The summed E-state index contributed by atoms with van der Waals surface area (Å²) in [5, 5.41) is 4.82. The van der Waals surface area contributed by atoms with Gasteiger partial charge < -0.3 is 9.42 Å². The van der Waals surface area contributed by atoms with E-state index in [-0.39, 0.29) is 11.8 Å². The Bertz CT molecular complexity index is 903. The van der Waals surface area contributed by atoms with Crippen molar-refractivity contribution < 1.29 is 9.32 Å². The summed E-state index contributed by atoms with van der Waals surface area (Å²) in [6.07, 6.45) is 1.67. The minimum Gasteiger partial charge on any atom is -0.338 e. The van der Waals surface area contributed by atoms with Crippen LogP contribution in [0, 0.1) is 0 Å². The molecule has 126 valence electrons. The highest BCUT2D eigenvalue weighted by Gasteiger charge is 2.36. The van der Waals surface area contributed by atoms with E-state index < -0.39 is 0 Å². The van der Waals surface area contributed by atoms with Crippen molar-refractivity contribution in [1.29, 1.82) is 0 Å². The van der Waals surface area contributed by atoms with Gasteiger partial charge in [-0.15, -0.1) is 0 Å². The first-order chi connectivity index (χ1) is 12.1. The van der Waals surface area contributed by atoms with Crippen LogP contribution in [0.25, 0.3) is 11.5 Å². The van der Waals surface area contributed by atoms with E-state index in [9.17, 15) is 4.79 Å². The average Bonchev–Trinajstić information content (AvgIpc) is 3.03. The van der Waals surface area contributed by atoms with Crippen LogP contribution < -0.4 is 0 Å². The number of benzene rings is 1. The van der Waals surface area contributed by atoms with Crippen molar-refractivity contribution in [2.75, 3.05) is 13.1 Å². The summed E-state index contributed by atoms with van der Waals surface area (Å²) in [5.74, 6) is 0.851. The van der Waals surface area contributed by atoms with E-state index in [1.54, 1.807) is 29.3 Å². The molecular weight excluding hydrogens is 363 g/mol. The maximum Gasteiger partial charge on any atom is 0.254 e. The first kappa shape index (κ1) is 16.1. The van der Waals surface area contributed by atoms with Crippen LogP contribution >= 0.6 is 23.2 Å². The van der Waals surface area contributed by atoms with Gasteiger partial charge in [-0.2, -0.15) is 4.98 Å². The van der Waals surface area contributed by atoms with E-state index in [1.165, 1.54) is 0 Å². The van der Waals surface area contributed by atoms with Gasteiger partial charge >= 0.3 is 0 Å². The van der Waals surface area contributed by atoms with E-state index in [2.05, 4.69) is 15.1 Å². The molecule has 1 fully saturated rings. The molecule has 4 rings (SSSR count). The molecular formula is C17H12Cl2N4O2. The summed E-state index contributed by atoms with van der Waals surface area (Å²) < 4.78 is 5.31. The number of carbonyl (C=O) groups excluding carboxylic acids is 1. The van der Waals surface area contributed by atoms with Gasteiger partial charge in [-0.25, -0.2) is 0 Å². The van der Waals surface area contributed by atoms with Crippen LogP contribution in [0.15, 0.2) is 47.1 Å².